The van der Waals surface area contributed by atoms with Crippen LogP contribution in [0.25, 0.3) is 22.3 Å². The molecule has 184 valence electrons. The second-order valence-corrected chi connectivity index (χ2v) is 8.23. The Labute approximate surface area is 208 Å². The molecule has 6 heteroatoms. The molecule has 0 radical (unpaired) electrons. The summed E-state index contributed by atoms with van der Waals surface area (Å²) < 4.78 is 54.5. The van der Waals surface area contributed by atoms with Crippen LogP contribution < -0.4 is 9.47 Å². The number of hydrogen-bond donors (Lipinski definition) is 0. The van der Waals surface area contributed by atoms with Gasteiger partial charge < -0.3 is 9.47 Å². The number of rotatable bonds is 8. The molecule has 0 bridgehead atoms. The van der Waals surface area contributed by atoms with Crippen molar-refractivity contribution in [1.82, 2.24) is 0 Å². The summed E-state index contributed by atoms with van der Waals surface area (Å²) in [4.78, 5) is 12.5. The molecule has 4 aromatic rings. The summed E-state index contributed by atoms with van der Waals surface area (Å²) >= 11 is 0. The molecular weight excluding hydrogens is 465 g/mol. The van der Waals surface area contributed by atoms with Crippen LogP contribution in [0.2, 0.25) is 0 Å². The van der Waals surface area contributed by atoms with Gasteiger partial charge in [0.05, 0.1) is 12.2 Å². The first-order valence-corrected chi connectivity index (χ1v) is 11.7. The van der Waals surface area contributed by atoms with Gasteiger partial charge in [0.25, 0.3) is 0 Å². The smallest absolute Gasteiger partial charge is 0.343 e. The van der Waals surface area contributed by atoms with E-state index in [0.29, 0.717) is 23.5 Å². The normalized spacial score (nSPS) is 10.8. The Balaban J connectivity index is 1.52. The van der Waals surface area contributed by atoms with Crippen molar-refractivity contribution in [2.24, 2.45) is 0 Å². The van der Waals surface area contributed by atoms with Gasteiger partial charge in [0.2, 0.25) is 0 Å². The van der Waals surface area contributed by atoms with Crippen LogP contribution in [0.3, 0.4) is 0 Å². The number of benzene rings is 4. The molecule has 0 spiro atoms. The van der Waals surface area contributed by atoms with Gasteiger partial charge in [-0.1, -0.05) is 61.9 Å². The van der Waals surface area contributed by atoms with Gasteiger partial charge in [-0.3, -0.25) is 0 Å². The topological polar surface area (TPSA) is 35.5 Å². The predicted octanol–water partition coefficient (Wildman–Crippen LogP) is 8.01. The molecule has 0 aliphatic rings. The Morgan fingerprint density at radius 3 is 1.86 bits per heavy atom. The lowest BCUT2D eigenvalue weighted by Gasteiger charge is -2.11. The second-order valence-electron chi connectivity index (χ2n) is 8.23. The zero-order valence-electron chi connectivity index (χ0n) is 20.0. The van der Waals surface area contributed by atoms with E-state index in [-0.39, 0.29) is 22.4 Å². The maximum atomic E-state index is 15.0. The maximum Gasteiger partial charge on any atom is 0.343 e. The fourth-order valence-electron chi connectivity index (χ4n) is 3.90. The van der Waals surface area contributed by atoms with Gasteiger partial charge in [0.1, 0.15) is 5.75 Å². The minimum atomic E-state index is -0.975. The number of ether oxygens (including phenoxy) is 2. The summed E-state index contributed by atoms with van der Waals surface area (Å²) in [7, 11) is 0. The molecule has 0 saturated heterocycles. The van der Waals surface area contributed by atoms with Gasteiger partial charge in [-0.15, -0.1) is 0 Å². The number of hydrogen-bond acceptors (Lipinski definition) is 3. The Morgan fingerprint density at radius 2 is 1.33 bits per heavy atom. The summed E-state index contributed by atoms with van der Waals surface area (Å²) in [6.07, 6.45) is 1.93. The lowest BCUT2D eigenvalue weighted by atomic mass is 9.97. The van der Waals surface area contributed by atoms with Crippen LogP contribution in [-0.4, -0.2) is 12.6 Å². The zero-order valence-corrected chi connectivity index (χ0v) is 20.0. The third-order valence-electron chi connectivity index (χ3n) is 5.73. The molecule has 36 heavy (non-hydrogen) atoms. The van der Waals surface area contributed by atoms with Crippen molar-refractivity contribution in [2.45, 2.75) is 26.7 Å². The van der Waals surface area contributed by atoms with E-state index in [0.717, 1.165) is 24.5 Å². The van der Waals surface area contributed by atoms with Crippen LogP contribution in [0.1, 0.15) is 36.2 Å². The number of carbonyl (C=O) groups is 1. The van der Waals surface area contributed by atoms with E-state index in [1.165, 1.54) is 42.5 Å². The van der Waals surface area contributed by atoms with Gasteiger partial charge in [-0.25, -0.2) is 18.0 Å². The molecule has 0 aliphatic carbocycles. The highest BCUT2D eigenvalue weighted by atomic mass is 19.2. The molecule has 4 aromatic carbocycles. The number of halogens is 3. The van der Waals surface area contributed by atoms with Crippen molar-refractivity contribution in [3.63, 3.8) is 0 Å². The lowest BCUT2D eigenvalue weighted by molar-refractivity contribution is 0.0727. The Morgan fingerprint density at radius 1 is 0.750 bits per heavy atom. The van der Waals surface area contributed by atoms with Crippen molar-refractivity contribution in [3.8, 4) is 33.8 Å². The van der Waals surface area contributed by atoms with Gasteiger partial charge in [-0.05, 0) is 54.3 Å². The minimum absolute atomic E-state index is 0.0660. The molecule has 0 heterocycles. The molecule has 4 rings (SSSR count). The summed E-state index contributed by atoms with van der Waals surface area (Å²) in [5, 5.41) is 0. The van der Waals surface area contributed by atoms with Crippen LogP contribution in [0.5, 0.6) is 11.5 Å². The van der Waals surface area contributed by atoms with Gasteiger partial charge in [0, 0.05) is 17.2 Å². The first-order valence-electron chi connectivity index (χ1n) is 11.7. The van der Waals surface area contributed by atoms with Crippen molar-refractivity contribution < 1.29 is 27.4 Å². The summed E-state index contributed by atoms with van der Waals surface area (Å²) in [6, 6.07) is 20.2. The van der Waals surface area contributed by atoms with Crippen LogP contribution >= 0.6 is 0 Å². The molecule has 0 atom stereocenters. The monoisotopic (exact) mass is 490 g/mol. The second kappa shape index (κ2) is 11.1. The maximum absolute atomic E-state index is 15.0. The third-order valence-corrected chi connectivity index (χ3v) is 5.73. The fourth-order valence-corrected chi connectivity index (χ4v) is 3.90. The summed E-state index contributed by atoms with van der Waals surface area (Å²) in [5.74, 6) is -3.34. The molecular formula is C30H25F3O3. The number of aryl methyl sites for hydroxylation is 1. The molecule has 0 aromatic heterocycles. The van der Waals surface area contributed by atoms with Gasteiger partial charge in [-0.2, -0.15) is 0 Å². The van der Waals surface area contributed by atoms with Crippen LogP contribution in [-0.2, 0) is 6.42 Å². The molecule has 0 amide bonds. The molecule has 3 nitrogen and oxygen atoms in total. The Hall–Kier alpha value is -4.06. The average molecular weight is 491 g/mol. The molecule has 0 aliphatic heterocycles. The predicted molar refractivity (Wildman–Crippen MR) is 134 cm³/mol. The van der Waals surface area contributed by atoms with E-state index in [4.69, 9.17) is 9.47 Å². The van der Waals surface area contributed by atoms with E-state index in [9.17, 15) is 18.0 Å². The number of carbonyl (C=O) groups excluding carboxylic acids is 1. The highest BCUT2D eigenvalue weighted by Gasteiger charge is 2.17. The number of esters is 1. The minimum Gasteiger partial charge on any atom is -0.494 e. The first kappa shape index (κ1) is 25.0. The summed E-state index contributed by atoms with van der Waals surface area (Å²) in [6.45, 7) is 4.24. The van der Waals surface area contributed by atoms with E-state index >= 15 is 0 Å². The standard InChI is InChI=1S/C30H25F3O3/c1-3-5-19-6-8-20(9-7-19)24-15-16-25(29(33)28(24)32)21-10-12-22(13-11-21)30(34)36-27-17-14-23(35-4-2)18-26(27)31/h6-18H,3-5H2,1-2H3. The van der Waals surface area contributed by atoms with Crippen molar-refractivity contribution in [2.75, 3.05) is 6.61 Å². The SMILES string of the molecule is CCCc1ccc(-c2ccc(-c3ccc(C(=O)Oc4ccc(OCC)cc4F)cc3)c(F)c2F)cc1. The van der Waals surface area contributed by atoms with Crippen LogP contribution in [0, 0.1) is 17.5 Å². The van der Waals surface area contributed by atoms with Crippen molar-refractivity contribution >= 4 is 5.97 Å². The van der Waals surface area contributed by atoms with E-state index in [1.807, 2.05) is 12.1 Å². The van der Waals surface area contributed by atoms with E-state index in [1.54, 1.807) is 25.1 Å². The molecule has 0 unspecified atom stereocenters. The molecule has 0 saturated carbocycles. The van der Waals surface area contributed by atoms with E-state index in [2.05, 4.69) is 6.92 Å². The van der Waals surface area contributed by atoms with E-state index < -0.39 is 23.4 Å². The molecule has 0 N–H and O–H groups in total. The summed E-state index contributed by atoms with van der Waals surface area (Å²) in [5.41, 5.74) is 2.50. The van der Waals surface area contributed by atoms with Crippen molar-refractivity contribution in [1.29, 1.82) is 0 Å². The quantitative estimate of drug-likeness (QED) is 0.185. The third kappa shape index (κ3) is 5.43. The highest BCUT2D eigenvalue weighted by molar-refractivity contribution is 5.91. The Bertz CT molecular complexity index is 1360. The lowest BCUT2D eigenvalue weighted by Crippen LogP contribution is -2.09. The molecule has 0 fully saturated rings. The highest BCUT2D eigenvalue weighted by Crippen LogP contribution is 2.32. The average Bonchev–Trinajstić information content (AvgIpc) is 2.88. The largest absolute Gasteiger partial charge is 0.494 e. The fraction of sp³-hybridized carbons (Fsp3) is 0.167. The Kier molecular flexibility index (Phi) is 7.74. The van der Waals surface area contributed by atoms with Gasteiger partial charge in [0.15, 0.2) is 23.2 Å². The van der Waals surface area contributed by atoms with Crippen LogP contribution in [0.4, 0.5) is 13.2 Å². The zero-order chi connectivity index (χ0) is 25.7. The van der Waals surface area contributed by atoms with Crippen molar-refractivity contribution in [3.05, 3.63) is 107 Å². The first-order chi connectivity index (χ1) is 17.4. The van der Waals surface area contributed by atoms with Gasteiger partial charge >= 0.3 is 5.97 Å². The van der Waals surface area contributed by atoms with Crippen LogP contribution in [0.15, 0.2) is 78.9 Å².